The molecule has 1 heteroatoms. The lowest BCUT2D eigenvalue weighted by Crippen LogP contribution is -1.86. The van der Waals surface area contributed by atoms with Gasteiger partial charge < -0.3 is 0 Å². The van der Waals surface area contributed by atoms with Crippen LogP contribution in [0.25, 0.3) is 5.57 Å². The molecule has 0 spiro atoms. The third-order valence-corrected chi connectivity index (χ3v) is 2.70. The quantitative estimate of drug-likeness (QED) is 0.646. The second-order valence-corrected chi connectivity index (χ2v) is 5.12. The van der Waals surface area contributed by atoms with Crippen LogP contribution in [-0.4, -0.2) is 5.25 Å². The summed E-state index contributed by atoms with van der Waals surface area (Å²) in [7, 11) is 0. The van der Waals surface area contributed by atoms with E-state index in [1.165, 1.54) is 10.5 Å². The van der Waals surface area contributed by atoms with E-state index in [0.717, 1.165) is 5.57 Å². The summed E-state index contributed by atoms with van der Waals surface area (Å²) < 4.78 is 0. The van der Waals surface area contributed by atoms with Gasteiger partial charge in [0.15, 0.2) is 0 Å². The first-order valence-electron chi connectivity index (χ1n) is 4.52. The topological polar surface area (TPSA) is 0 Å². The van der Waals surface area contributed by atoms with Crippen LogP contribution in [0.4, 0.5) is 0 Å². The molecule has 0 nitrogen and oxygen atoms in total. The van der Waals surface area contributed by atoms with Crippen LogP contribution in [0.15, 0.2) is 35.7 Å². The summed E-state index contributed by atoms with van der Waals surface area (Å²) in [5, 5.41) is 0.639. The Morgan fingerprint density at radius 2 is 2.08 bits per heavy atom. The molecule has 0 saturated heterocycles. The Labute approximate surface area is 85.1 Å². The van der Waals surface area contributed by atoms with Crippen molar-refractivity contribution in [3.8, 4) is 0 Å². The van der Waals surface area contributed by atoms with Crippen molar-refractivity contribution >= 4 is 17.3 Å². The van der Waals surface area contributed by atoms with Crippen LogP contribution in [0, 0.1) is 0 Å². The fourth-order valence-corrected chi connectivity index (χ4v) is 2.00. The zero-order valence-corrected chi connectivity index (χ0v) is 9.32. The van der Waals surface area contributed by atoms with Crippen molar-refractivity contribution in [3.63, 3.8) is 0 Å². The number of hydrogen-bond donors (Lipinski definition) is 0. The van der Waals surface area contributed by atoms with Crippen LogP contribution in [0.3, 0.4) is 0 Å². The molecule has 0 fully saturated rings. The largest absolute Gasteiger partial charge is 0.123 e. The second kappa shape index (κ2) is 4.52. The summed E-state index contributed by atoms with van der Waals surface area (Å²) in [4.78, 5) is 1.33. The van der Waals surface area contributed by atoms with E-state index in [0.29, 0.717) is 5.25 Å². The molecule has 1 rings (SSSR count). The Morgan fingerprint density at radius 3 is 2.62 bits per heavy atom. The molecule has 0 saturated carbocycles. The first-order chi connectivity index (χ1) is 6.09. The highest BCUT2D eigenvalue weighted by molar-refractivity contribution is 7.99. The molecule has 1 aromatic carbocycles. The molecule has 0 unspecified atom stereocenters. The van der Waals surface area contributed by atoms with E-state index in [9.17, 15) is 0 Å². The molecule has 0 aliphatic rings. The summed E-state index contributed by atoms with van der Waals surface area (Å²) >= 11 is 1.89. The van der Waals surface area contributed by atoms with Gasteiger partial charge in [0, 0.05) is 10.1 Å². The van der Waals surface area contributed by atoms with E-state index in [1.54, 1.807) is 0 Å². The average Bonchev–Trinajstić information content (AvgIpc) is 2.03. The molecule has 0 bridgehead atoms. The van der Waals surface area contributed by atoms with E-state index in [4.69, 9.17) is 0 Å². The highest BCUT2D eigenvalue weighted by atomic mass is 32.2. The summed E-state index contributed by atoms with van der Waals surface area (Å²) in [6, 6.07) is 8.55. The molecule has 0 N–H and O–H groups in total. The van der Waals surface area contributed by atoms with Crippen molar-refractivity contribution in [2.45, 2.75) is 30.9 Å². The van der Waals surface area contributed by atoms with Crippen molar-refractivity contribution in [2.75, 3.05) is 0 Å². The maximum Gasteiger partial charge on any atom is 0.00806 e. The smallest absolute Gasteiger partial charge is 0.00806 e. The van der Waals surface area contributed by atoms with E-state index in [1.807, 2.05) is 18.7 Å². The van der Waals surface area contributed by atoms with Crippen molar-refractivity contribution in [3.05, 3.63) is 36.4 Å². The SMILES string of the molecule is C=C(C)c1cccc(SC(C)C)c1. The molecule has 1 aromatic rings. The minimum atomic E-state index is 0.639. The first-order valence-corrected chi connectivity index (χ1v) is 5.40. The average molecular weight is 192 g/mol. The lowest BCUT2D eigenvalue weighted by atomic mass is 10.1. The number of hydrogen-bond acceptors (Lipinski definition) is 1. The van der Waals surface area contributed by atoms with Crippen LogP contribution >= 0.6 is 11.8 Å². The molecule has 0 amide bonds. The Hall–Kier alpha value is -0.690. The third-order valence-electron chi connectivity index (χ3n) is 1.70. The molecular formula is C12H16S. The van der Waals surface area contributed by atoms with Gasteiger partial charge in [0.05, 0.1) is 0 Å². The minimum absolute atomic E-state index is 0.639. The van der Waals surface area contributed by atoms with Gasteiger partial charge in [0.1, 0.15) is 0 Å². The molecule has 0 aliphatic heterocycles. The van der Waals surface area contributed by atoms with E-state index < -0.39 is 0 Å². The first kappa shape index (κ1) is 10.4. The van der Waals surface area contributed by atoms with Gasteiger partial charge in [-0.2, -0.15) is 0 Å². The molecule has 0 aliphatic carbocycles. The fourth-order valence-electron chi connectivity index (χ4n) is 1.11. The fraction of sp³-hybridized carbons (Fsp3) is 0.333. The monoisotopic (exact) mass is 192 g/mol. The molecular weight excluding hydrogens is 176 g/mol. The van der Waals surface area contributed by atoms with Crippen LogP contribution in [-0.2, 0) is 0 Å². The van der Waals surface area contributed by atoms with Crippen LogP contribution in [0.5, 0.6) is 0 Å². The van der Waals surface area contributed by atoms with Gasteiger partial charge in [-0.3, -0.25) is 0 Å². The second-order valence-electron chi connectivity index (χ2n) is 3.47. The maximum absolute atomic E-state index is 3.94. The normalized spacial score (nSPS) is 10.5. The van der Waals surface area contributed by atoms with Crippen molar-refractivity contribution < 1.29 is 0 Å². The predicted molar refractivity (Wildman–Crippen MR) is 62.1 cm³/mol. The van der Waals surface area contributed by atoms with Crippen LogP contribution < -0.4 is 0 Å². The van der Waals surface area contributed by atoms with Gasteiger partial charge in [-0.05, 0) is 24.6 Å². The number of rotatable bonds is 3. The summed E-state index contributed by atoms with van der Waals surface area (Å²) in [5.41, 5.74) is 2.37. The number of thioether (sulfide) groups is 1. The summed E-state index contributed by atoms with van der Waals surface area (Å²) in [5.74, 6) is 0. The number of benzene rings is 1. The standard InChI is InChI=1S/C12H16S/c1-9(2)11-6-5-7-12(8-11)13-10(3)4/h5-8,10H,1H2,2-4H3. The van der Waals surface area contributed by atoms with Crippen molar-refractivity contribution in [2.24, 2.45) is 0 Å². The molecule has 0 heterocycles. The van der Waals surface area contributed by atoms with E-state index in [2.05, 4.69) is 44.7 Å². The van der Waals surface area contributed by atoms with Crippen molar-refractivity contribution in [1.82, 2.24) is 0 Å². The van der Waals surface area contributed by atoms with Gasteiger partial charge in [-0.1, -0.05) is 38.1 Å². The maximum atomic E-state index is 3.94. The highest BCUT2D eigenvalue weighted by Gasteiger charge is 1.99. The Balaban J connectivity index is 2.85. The molecule has 13 heavy (non-hydrogen) atoms. The van der Waals surface area contributed by atoms with Gasteiger partial charge in [-0.25, -0.2) is 0 Å². The van der Waals surface area contributed by atoms with Crippen LogP contribution in [0.2, 0.25) is 0 Å². The Kier molecular flexibility index (Phi) is 3.61. The zero-order chi connectivity index (χ0) is 9.84. The molecule has 70 valence electrons. The molecule has 0 radical (unpaired) electrons. The van der Waals surface area contributed by atoms with E-state index in [-0.39, 0.29) is 0 Å². The van der Waals surface area contributed by atoms with Gasteiger partial charge in [0.25, 0.3) is 0 Å². The Bertz CT molecular complexity index is 300. The highest BCUT2D eigenvalue weighted by Crippen LogP contribution is 2.25. The predicted octanol–water partition coefficient (Wildman–Crippen LogP) is 4.22. The number of allylic oxidation sites excluding steroid dienone is 1. The summed E-state index contributed by atoms with van der Waals surface area (Å²) in [6.07, 6.45) is 0. The van der Waals surface area contributed by atoms with Gasteiger partial charge in [0.2, 0.25) is 0 Å². The molecule has 0 atom stereocenters. The van der Waals surface area contributed by atoms with Gasteiger partial charge in [-0.15, -0.1) is 11.8 Å². The van der Waals surface area contributed by atoms with Crippen LogP contribution in [0.1, 0.15) is 26.3 Å². The molecule has 0 aromatic heterocycles. The zero-order valence-electron chi connectivity index (χ0n) is 8.50. The lowest BCUT2D eigenvalue weighted by Gasteiger charge is -2.06. The summed E-state index contributed by atoms with van der Waals surface area (Å²) in [6.45, 7) is 10.4. The van der Waals surface area contributed by atoms with Crippen molar-refractivity contribution in [1.29, 1.82) is 0 Å². The van der Waals surface area contributed by atoms with Gasteiger partial charge >= 0.3 is 0 Å². The lowest BCUT2D eigenvalue weighted by molar-refractivity contribution is 1.11. The Morgan fingerprint density at radius 1 is 1.38 bits per heavy atom. The third kappa shape index (κ3) is 3.27. The van der Waals surface area contributed by atoms with E-state index >= 15 is 0 Å². The minimum Gasteiger partial charge on any atom is -0.123 e.